The SMILES string of the molecule is COc1ccc(CC(C(=O)O)C2CCNC2)cc1CN(Cc1cc(CC(C(=O)O)C2CCNC2)ccc1OC)Cc1cc(CC(C(=O)O)C2CCNC2)ccc1OC. The average molecular weight is 801 g/mol. The second-order valence-corrected chi connectivity index (χ2v) is 16.3. The van der Waals surface area contributed by atoms with Crippen molar-refractivity contribution < 1.29 is 43.9 Å². The summed E-state index contributed by atoms with van der Waals surface area (Å²) in [6.07, 6.45) is 3.66. The molecule has 0 aromatic heterocycles. The van der Waals surface area contributed by atoms with E-state index in [0.29, 0.717) is 75.8 Å². The molecule has 0 aliphatic carbocycles. The Labute approximate surface area is 341 Å². The molecule has 3 aromatic carbocycles. The van der Waals surface area contributed by atoms with E-state index in [1.807, 2.05) is 54.6 Å². The van der Waals surface area contributed by atoms with Crippen LogP contribution in [0.2, 0.25) is 0 Å². The molecule has 0 bridgehead atoms. The van der Waals surface area contributed by atoms with E-state index in [9.17, 15) is 29.7 Å². The molecule has 6 rings (SSSR count). The zero-order valence-electron chi connectivity index (χ0n) is 34.0. The highest BCUT2D eigenvalue weighted by Crippen LogP contribution is 2.33. The van der Waals surface area contributed by atoms with E-state index in [4.69, 9.17) is 14.2 Å². The predicted molar refractivity (Wildman–Crippen MR) is 219 cm³/mol. The molecular formula is C45H60N4O9. The number of carbonyl (C=O) groups is 3. The van der Waals surface area contributed by atoms with E-state index < -0.39 is 35.7 Å². The lowest BCUT2D eigenvalue weighted by molar-refractivity contribution is -0.144. The molecule has 6 unspecified atom stereocenters. The number of carboxylic acid groups (broad SMARTS) is 3. The van der Waals surface area contributed by atoms with Gasteiger partial charge in [-0.2, -0.15) is 0 Å². The van der Waals surface area contributed by atoms with E-state index in [-0.39, 0.29) is 17.8 Å². The number of methoxy groups -OCH3 is 3. The molecule has 6 N–H and O–H groups in total. The number of hydrogen-bond acceptors (Lipinski definition) is 10. The standard InChI is InChI=1S/C45H60N4O9/c1-56-40-7-4-28(19-37(43(50)51)31-10-13-46-22-31)16-34(40)25-49(26-35-17-29(5-8-41(35)57-2)20-38(44(52)53)32-11-14-47-23-32)27-36-18-30(6-9-42(36)58-3)21-39(45(54)55)33-12-15-48-24-33/h4-9,16-18,31-33,37-39,46-48H,10-15,19-27H2,1-3H3,(H,50,51)(H,52,53)(H,54,55). The van der Waals surface area contributed by atoms with Gasteiger partial charge in [0, 0.05) is 36.3 Å². The number of benzene rings is 3. The van der Waals surface area contributed by atoms with Crippen LogP contribution < -0.4 is 30.2 Å². The maximum Gasteiger partial charge on any atom is 0.307 e. The van der Waals surface area contributed by atoms with Crippen molar-refractivity contribution in [1.82, 2.24) is 20.9 Å². The number of rotatable bonds is 21. The van der Waals surface area contributed by atoms with Crippen LogP contribution in [0.1, 0.15) is 52.6 Å². The summed E-state index contributed by atoms with van der Waals surface area (Å²) < 4.78 is 17.7. The first kappa shape index (κ1) is 42.9. The summed E-state index contributed by atoms with van der Waals surface area (Å²) in [4.78, 5) is 39.6. The first-order valence-electron chi connectivity index (χ1n) is 20.6. The molecule has 6 atom stereocenters. The molecule has 3 aliphatic heterocycles. The summed E-state index contributed by atoms with van der Waals surface area (Å²) in [6, 6.07) is 17.7. The molecule has 0 radical (unpaired) electrons. The molecule has 3 heterocycles. The van der Waals surface area contributed by atoms with Gasteiger partial charge in [0.25, 0.3) is 0 Å². The topological polar surface area (TPSA) is 179 Å². The summed E-state index contributed by atoms with van der Waals surface area (Å²) >= 11 is 0. The van der Waals surface area contributed by atoms with Gasteiger partial charge in [-0.3, -0.25) is 19.3 Å². The second kappa shape index (κ2) is 20.3. The van der Waals surface area contributed by atoms with Gasteiger partial charge in [-0.15, -0.1) is 0 Å². The number of carboxylic acids is 3. The van der Waals surface area contributed by atoms with Crippen molar-refractivity contribution in [1.29, 1.82) is 0 Å². The highest BCUT2D eigenvalue weighted by molar-refractivity contribution is 5.72. The predicted octanol–water partition coefficient (Wildman–Crippen LogP) is 4.47. The first-order chi connectivity index (χ1) is 28.1. The Balaban J connectivity index is 1.35. The Bertz CT molecular complexity index is 1660. The summed E-state index contributed by atoms with van der Waals surface area (Å²) in [7, 11) is 4.89. The van der Waals surface area contributed by atoms with E-state index >= 15 is 0 Å². The minimum Gasteiger partial charge on any atom is -0.496 e. The number of nitrogens with zero attached hydrogens (tertiary/aromatic N) is 1. The van der Waals surface area contributed by atoms with Crippen molar-refractivity contribution in [3.05, 3.63) is 88.0 Å². The third kappa shape index (κ3) is 10.9. The molecule has 13 heteroatoms. The van der Waals surface area contributed by atoms with Crippen molar-refractivity contribution in [3.63, 3.8) is 0 Å². The number of ether oxygens (including phenoxy) is 3. The summed E-state index contributed by atoms with van der Waals surface area (Å²) in [5.74, 6) is -1.76. The summed E-state index contributed by atoms with van der Waals surface area (Å²) in [5, 5.41) is 40.6. The van der Waals surface area contributed by atoms with Crippen molar-refractivity contribution in [2.45, 2.75) is 58.2 Å². The molecule has 3 aliphatic rings. The van der Waals surface area contributed by atoms with Crippen LogP contribution in [-0.4, -0.2) is 98.7 Å². The Morgan fingerprint density at radius 1 is 0.552 bits per heavy atom. The van der Waals surface area contributed by atoms with Crippen LogP contribution in [0.15, 0.2) is 54.6 Å². The third-order valence-corrected chi connectivity index (χ3v) is 12.5. The van der Waals surface area contributed by atoms with Crippen LogP contribution in [0.5, 0.6) is 17.2 Å². The molecule has 0 amide bonds. The van der Waals surface area contributed by atoms with Crippen LogP contribution in [0, 0.1) is 35.5 Å². The van der Waals surface area contributed by atoms with Gasteiger partial charge < -0.3 is 45.5 Å². The molecule has 0 saturated carbocycles. The van der Waals surface area contributed by atoms with Gasteiger partial charge in [0.1, 0.15) is 17.2 Å². The fourth-order valence-electron chi connectivity index (χ4n) is 9.33. The zero-order chi connectivity index (χ0) is 41.2. The van der Waals surface area contributed by atoms with Gasteiger partial charge in [-0.1, -0.05) is 36.4 Å². The Morgan fingerprint density at radius 3 is 1.07 bits per heavy atom. The normalized spacial score (nSPS) is 20.8. The van der Waals surface area contributed by atoms with Crippen molar-refractivity contribution in [2.24, 2.45) is 35.5 Å². The van der Waals surface area contributed by atoms with Gasteiger partial charge in [0.05, 0.1) is 39.1 Å². The Hall–Kier alpha value is -4.69. The van der Waals surface area contributed by atoms with Gasteiger partial charge in [-0.05, 0) is 130 Å². The van der Waals surface area contributed by atoms with Gasteiger partial charge in [0.2, 0.25) is 0 Å². The molecule has 3 fully saturated rings. The quantitative estimate of drug-likeness (QED) is 0.0890. The van der Waals surface area contributed by atoms with E-state index in [1.165, 1.54) is 0 Å². The maximum absolute atomic E-state index is 12.5. The number of aliphatic carboxylic acids is 3. The van der Waals surface area contributed by atoms with Gasteiger partial charge >= 0.3 is 17.9 Å². The van der Waals surface area contributed by atoms with Crippen molar-refractivity contribution >= 4 is 17.9 Å². The highest BCUT2D eigenvalue weighted by atomic mass is 16.5. The third-order valence-electron chi connectivity index (χ3n) is 12.5. The lowest BCUT2D eigenvalue weighted by atomic mass is 9.85. The Morgan fingerprint density at radius 2 is 0.845 bits per heavy atom. The van der Waals surface area contributed by atoms with Crippen molar-refractivity contribution in [3.8, 4) is 17.2 Å². The average Bonchev–Trinajstić information content (AvgIpc) is 4.04. The van der Waals surface area contributed by atoms with Gasteiger partial charge in [-0.25, -0.2) is 0 Å². The van der Waals surface area contributed by atoms with Crippen LogP contribution in [0.4, 0.5) is 0 Å². The molecule has 3 aromatic rings. The van der Waals surface area contributed by atoms with Crippen LogP contribution in [-0.2, 0) is 53.3 Å². The zero-order valence-corrected chi connectivity index (χ0v) is 34.0. The number of nitrogens with one attached hydrogen (secondary N) is 3. The number of hydrogen-bond donors (Lipinski definition) is 6. The van der Waals surface area contributed by atoms with Crippen molar-refractivity contribution in [2.75, 3.05) is 60.6 Å². The minimum atomic E-state index is -0.796. The Kier molecular flexibility index (Phi) is 15.0. The van der Waals surface area contributed by atoms with Crippen LogP contribution in [0.25, 0.3) is 0 Å². The molecule has 58 heavy (non-hydrogen) atoms. The molecule has 314 valence electrons. The second-order valence-electron chi connectivity index (χ2n) is 16.3. The molecule has 3 saturated heterocycles. The highest BCUT2D eigenvalue weighted by Gasteiger charge is 2.33. The monoisotopic (exact) mass is 800 g/mol. The van der Waals surface area contributed by atoms with E-state index in [2.05, 4.69) is 20.9 Å². The largest absolute Gasteiger partial charge is 0.496 e. The van der Waals surface area contributed by atoms with Crippen LogP contribution in [0.3, 0.4) is 0 Å². The molecule has 0 spiro atoms. The minimum absolute atomic E-state index is 0.0512. The van der Waals surface area contributed by atoms with E-state index in [0.717, 1.165) is 72.3 Å². The maximum atomic E-state index is 12.5. The fraction of sp³-hybridized carbons (Fsp3) is 0.533. The van der Waals surface area contributed by atoms with Crippen LogP contribution >= 0.6 is 0 Å². The fourth-order valence-corrected chi connectivity index (χ4v) is 9.33. The summed E-state index contributed by atoms with van der Waals surface area (Å²) in [6.45, 7) is 5.75. The van der Waals surface area contributed by atoms with E-state index in [1.54, 1.807) is 21.3 Å². The lowest BCUT2D eigenvalue weighted by Gasteiger charge is -2.27. The first-order valence-corrected chi connectivity index (χ1v) is 20.6. The van der Waals surface area contributed by atoms with Gasteiger partial charge in [0.15, 0.2) is 0 Å². The molecular weight excluding hydrogens is 741 g/mol. The summed E-state index contributed by atoms with van der Waals surface area (Å²) in [5.41, 5.74) is 5.40. The lowest BCUT2D eigenvalue weighted by Crippen LogP contribution is -2.28. The molecule has 13 nitrogen and oxygen atoms in total. The smallest absolute Gasteiger partial charge is 0.307 e.